The molecular weight excluding hydrogens is 271 g/mol. The number of ether oxygens (including phenoxy) is 1. The molecule has 2 aromatic rings. The second-order valence-electron chi connectivity index (χ2n) is 3.88. The van der Waals surface area contributed by atoms with E-state index in [1.54, 1.807) is 18.2 Å². The monoisotopic (exact) mass is 281 g/mol. The summed E-state index contributed by atoms with van der Waals surface area (Å²) in [6.07, 6.45) is 0. The highest BCUT2D eigenvalue weighted by Gasteiger charge is 2.17. The minimum atomic E-state index is -1.64. The minimum Gasteiger partial charge on any atom is -0.496 e. The molecule has 0 atom stereocenters. The number of anilines is 1. The lowest BCUT2D eigenvalue weighted by atomic mass is 10.2. The van der Waals surface area contributed by atoms with Crippen molar-refractivity contribution in [2.24, 2.45) is 0 Å². The van der Waals surface area contributed by atoms with Gasteiger partial charge >= 0.3 is 0 Å². The third-order valence-corrected chi connectivity index (χ3v) is 2.63. The van der Waals surface area contributed by atoms with Gasteiger partial charge in [-0.3, -0.25) is 4.79 Å². The topological polar surface area (TPSA) is 38.3 Å². The summed E-state index contributed by atoms with van der Waals surface area (Å²) in [4.78, 5) is 12.0. The van der Waals surface area contributed by atoms with E-state index in [1.165, 1.54) is 13.2 Å². The van der Waals surface area contributed by atoms with Crippen LogP contribution in [-0.4, -0.2) is 13.0 Å². The zero-order valence-electron chi connectivity index (χ0n) is 10.4. The van der Waals surface area contributed by atoms with E-state index in [2.05, 4.69) is 5.32 Å². The van der Waals surface area contributed by atoms with E-state index < -0.39 is 29.0 Å². The van der Waals surface area contributed by atoms with Crippen molar-refractivity contribution in [1.82, 2.24) is 0 Å². The Hall–Kier alpha value is -2.50. The number of carbonyl (C=O) groups excluding carboxylic acids is 1. The summed E-state index contributed by atoms with van der Waals surface area (Å²) in [6, 6.07) is 7.95. The van der Waals surface area contributed by atoms with Gasteiger partial charge in [-0.15, -0.1) is 0 Å². The van der Waals surface area contributed by atoms with Crippen LogP contribution in [0.1, 0.15) is 10.4 Å². The van der Waals surface area contributed by atoms with Crippen molar-refractivity contribution >= 4 is 11.6 Å². The first-order valence-corrected chi connectivity index (χ1v) is 5.62. The Morgan fingerprint density at radius 2 is 1.75 bits per heavy atom. The van der Waals surface area contributed by atoms with Gasteiger partial charge in [0.2, 0.25) is 0 Å². The van der Waals surface area contributed by atoms with Crippen LogP contribution in [0, 0.1) is 17.5 Å². The fourth-order valence-electron chi connectivity index (χ4n) is 1.64. The fraction of sp³-hybridized carbons (Fsp3) is 0.0714. The number of carbonyl (C=O) groups is 1. The molecule has 0 bridgehead atoms. The van der Waals surface area contributed by atoms with Crippen LogP contribution in [0.15, 0.2) is 36.4 Å². The summed E-state index contributed by atoms with van der Waals surface area (Å²) in [7, 11) is 1.38. The molecule has 0 aliphatic heterocycles. The summed E-state index contributed by atoms with van der Waals surface area (Å²) in [5.74, 6) is -4.81. The van der Waals surface area contributed by atoms with E-state index in [1.807, 2.05) is 0 Å². The summed E-state index contributed by atoms with van der Waals surface area (Å²) < 4.78 is 44.3. The Balaban J connectivity index is 2.31. The van der Waals surface area contributed by atoms with E-state index in [9.17, 15) is 18.0 Å². The van der Waals surface area contributed by atoms with Crippen LogP contribution in [0.4, 0.5) is 18.9 Å². The normalized spacial score (nSPS) is 10.2. The summed E-state index contributed by atoms with van der Waals surface area (Å²) >= 11 is 0. The zero-order valence-corrected chi connectivity index (χ0v) is 10.4. The molecule has 0 aliphatic rings. The van der Waals surface area contributed by atoms with Gasteiger partial charge in [0.05, 0.1) is 18.4 Å². The van der Waals surface area contributed by atoms with Gasteiger partial charge in [0.1, 0.15) is 5.75 Å². The molecule has 3 nitrogen and oxygen atoms in total. The number of benzene rings is 2. The van der Waals surface area contributed by atoms with E-state index in [4.69, 9.17) is 4.74 Å². The molecule has 2 aromatic carbocycles. The number of hydrogen-bond acceptors (Lipinski definition) is 2. The summed E-state index contributed by atoms with van der Waals surface area (Å²) in [6.45, 7) is 0. The van der Waals surface area contributed by atoms with Crippen LogP contribution >= 0.6 is 0 Å². The molecule has 0 heterocycles. The zero-order chi connectivity index (χ0) is 14.7. The molecule has 20 heavy (non-hydrogen) atoms. The van der Waals surface area contributed by atoms with Gasteiger partial charge < -0.3 is 10.1 Å². The standard InChI is InChI=1S/C14H10F3NO2/c1-20-11-5-3-2-4-8(11)14(19)18-10-7-6-9(15)12(16)13(10)17/h2-7H,1H3,(H,18,19). The Morgan fingerprint density at radius 3 is 2.45 bits per heavy atom. The maximum Gasteiger partial charge on any atom is 0.259 e. The Labute approximate surface area is 113 Å². The lowest BCUT2D eigenvalue weighted by molar-refractivity contribution is 0.102. The number of para-hydroxylation sites is 1. The number of methoxy groups -OCH3 is 1. The molecule has 0 aromatic heterocycles. The van der Waals surface area contributed by atoms with Crippen LogP contribution in [0.2, 0.25) is 0 Å². The third-order valence-electron chi connectivity index (χ3n) is 2.63. The molecule has 0 aliphatic carbocycles. The van der Waals surface area contributed by atoms with Gasteiger partial charge in [-0.2, -0.15) is 0 Å². The minimum absolute atomic E-state index is 0.152. The smallest absolute Gasteiger partial charge is 0.259 e. The number of halogens is 3. The lowest BCUT2D eigenvalue weighted by Gasteiger charge is -2.10. The molecule has 1 amide bonds. The first-order valence-electron chi connectivity index (χ1n) is 5.62. The average molecular weight is 281 g/mol. The average Bonchev–Trinajstić information content (AvgIpc) is 2.47. The fourth-order valence-corrected chi connectivity index (χ4v) is 1.64. The van der Waals surface area contributed by atoms with Crippen molar-refractivity contribution in [3.05, 3.63) is 59.4 Å². The van der Waals surface area contributed by atoms with Crippen LogP contribution in [0.3, 0.4) is 0 Å². The van der Waals surface area contributed by atoms with E-state index in [0.717, 1.165) is 12.1 Å². The molecule has 0 radical (unpaired) electrons. The molecule has 0 unspecified atom stereocenters. The second-order valence-corrected chi connectivity index (χ2v) is 3.88. The Kier molecular flexibility index (Phi) is 3.93. The van der Waals surface area contributed by atoms with Crippen molar-refractivity contribution in [2.75, 3.05) is 12.4 Å². The largest absolute Gasteiger partial charge is 0.496 e. The van der Waals surface area contributed by atoms with Gasteiger partial charge in [0.25, 0.3) is 5.91 Å². The van der Waals surface area contributed by atoms with Gasteiger partial charge in [-0.05, 0) is 24.3 Å². The molecule has 0 fully saturated rings. The van der Waals surface area contributed by atoms with Gasteiger partial charge in [0, 0.05) is 0 Å². The molecule has 6 heteroatoms. The molecule has 2 rings (SSSR count). The van der Waals surface area contributed by atoms with Gasteiger partial charge in [-0.25, -0.2) is 13.2 Å². The van der Waals surface area contributed by atoms with Gasteiger partial charge in [0.15, 0.2) is 17.5 Å². The van der Waals surface area contributed by atoms with Crippen LogP contribution < -0.4 is 10.1 Å². The van der Waals surface area contributed by atoms with Crippen LogP contribution in [-0.2, 0) is 0 Å². The Morgan fingerprint density at radius 1 is 1.05 bits per heavy atom. The first-order chi connectivity index (χ1) is 9.54. The van der Waals surface area contributed by atoms with E-state index in [0.29, 0.717) is 0 Å². The highest BCUT2D eigenvalue weighted by Crippen LogP contribution is 2.22. The van der Waals surface area contributed by atoms with Crippen molar-refractivity contribution in [1.29, 1.82) is 0 Å². The van der Waals surface area contributed by atoms with Crippen molar-refractivity contribution in [3.63, 3.8) is 0 Å². The predicted molar refractivity (Wildman–Crippen MR) is 67.3 cm³/mol. The van der Waals surface area contributed by atoms with E-state index in [-0.39, 0.29) is 11.3 Å². The number of amides is 1. The SMILES string of the molecule is COc1ccccc1C(=O)Nc1ccc(F)c(F)c1F. The maximum atomic E-state index is 13.5. The van der Waals surface area contributed by atoms with Crippen molar-refractivity contribution in [3.8, 4) is 5.75 Å². The number of rotatable bonds is 3. The van der Waals surface area contributed by atoms with Crippen LogP contribution in [0.5, 0.6) is 5.75 Å². The maximum absolute atomic E-state index is 13.5. The molecule has 104 valence electrons. The number of nitrogens with one attached hydrogen (secondary N) is 1. The van der Waals surface area contributed by atoms with Gasteiger partial charge in [-0.1, -0.05) is 12.1 Å². The Bertz CT molecular complexity index is 659. The molecular formula is C14H10F3NO2. The second kappa shape index (κ2) is 5.64. The first kappa shape index (κ1) is 13.9. The van der Waals surface area contributed by atoms with E-state index >= 15 is 0 Å². The molecule has 0 saturated heterocycles. The highest BCUT2D eigenvalue weighted by molar-refractivity contribution is 6.06. The molecule has 0 saturated carbocycles. The quantitative estimate of drug-likeness (QED) is 0.876. The highest BCUT2D eigenvalue weighted by atomic mass is 19.2. The predicted octanol–water partition coefficient (Wildman–Crippen LogP) is 3.36. The lowest BCUT2D eigenvalue weighted by Crippen LogP contribution is -2.14. The summed E-state index contributed by atoms with van der Waals surface area (Å²) in [5, 5.41) is 2.17. The number of hydrogen-bond donors (Lipinski definition) is 1. The molecule has 0 spiro atoms. The van der Waals surface area contributed by atoms with Crippen molar-refractivity contribution in [2.45, 2.75) is 0 Å². The van der Waals surface area contributed by atoms with Crippen LogP contribution in [0.25, 0.3) is 0 Å². The third kappa shape index (κ3) is 2.59. The summed E-state index contributed by atoms with van der Waals surface area (Å²) in [5.41, 5.74) is -0.293. The van der Waals surface area contributed by atoms with Crippen molar-refractivity contribution < 1.29 is 22.7 Å². The molecule has 1 N–H and O–H groups in total.